The van der Waals surface area contributed by atoms with E-state index in [-0.39, 0.29) is 0 Å². The Labute approximate surface area is 195 Å². The summed E-state index contributed by atoms with van der Waals surface area (Å²) in [6, 6.07) is 45.7. The van der Waals surface area contributed by atoms with Gasteiger partial charge in [-0.3, -0.25) is 0 Å². The molecule has 6 aromatic rings. The second kappa shape index (κ2) is 8.66. The molecule has 2 heteroatoms. The van der Waals surface area contributed by atoms with Crippen molar-refractivity contribution in [3.05, 3.63) is 133 Å². The van der Waals surface area contributed by atoms with Crippen LogP contribution in [0.25, 0.3) is 32.3 Å². The fourth-order valence-electron chi connectivity index (χ4n) is 4.81. The predicted molar refractivity (Wildman–Crippen MR) is 143 cm³/mol. The minimum absolute atomic E-state index is 0.605. The Balaban J connectivity index is 1.47. The molecule has 0 saturated heterocycles. The van der Waals surface area contributed by atoms with Gasteiger partial charge < -0.3 is 4.43 Å². The molecule has 0 aliphatic heterocycles. The highest BCUT2D eigenvalue weighted by molar-refractivity contribution is 6.83. The molecule has 0 N–H and O–H groups in total. The molecule has 0 heterocycles. The van der Waals surface area contributed by atoms with Gasteiger partial charge in [0.1, 0.15) is 0 Å². The third kappa shape index (κ3) is 3.84. The van der Waals surface area contributed by atoms with Crippen LogP contribution in [-0.2, 0) is 11.0 Å². The van der Waals surface area contributed by atoms with Gasteiger partial charge in [0.2, 0.25) is 9.04 Å². The second-order valence-corrected chi connectivity index (χ2v) is 10.8. The normalized spacial score (nSPS) is 11.5. The van der Waals surface area contributed by atoms with Gasteiger partial charge in [-0.05, 0) is 54.3 Å². The Hall–Kier alpha value is -3.72. The lowest BCUT2D eigenvalue weighted by atomic mass is 10.1. The summed E-state index contributed by atoms with van der Waals surface area (Å²) >= 11 is 0. The number of hydrogen-bond donors (Lipinski definition) is 0. The Kier molecular flexibility index (Phi) is 5.23. The van der Waals surface area contributed by atoms with Crippen molar-refractivity contribution in [1.29, 1.82) is 0 Å². The molecule has 0 atom stereocenters. The van der Waals surface area contributed by atoms with Crippen molar-refractivity contribution in [3.63, 3.8) is 0 Å². The molecule has 0 saturated carbocycles. The van der Waals surface area contributed by atoms with Crippen LogP contribution in [0.5, 0.6) is 0 Å². The monoisotopic (exact) mass is 440 g/mol. The number of benzene rings is 6. The molecule has 158 valence electrons. The van der Waals surface area contributed by atoms with Crippen molar-refractivity contribution >= 4 is 51.7 Å². The SMILES string of the molecule is c1ccc2cc(CO[SiH](c3cccc4ccccc34)c3cccc4ccccc34)ccc2c1. The maximum absolute atomic E-state index is 6.90. The van der Waals surface area contributed by atoms with Crippen molar-refractivity contribution in [2.45, 2.75) is 6.61 Å². The summed E-state index contributed by atoms with van der Waals surface area (Å²) in [5.41, 5.74) is 1.21. The van der Waals surface area contributed by atoms with Crippen molar-refractivity contribution in [2.24, 2.45) is 0 Å². The maximum Gasteiger partial charge on any atom is 0.241 e. The van der Waals surface area contributed by atoms with E-state index in [1.165, 1.54) is 48.3 Å². The van der Waals surface area contributed by atoms with Crippen molar-refractivity contribution in [2.75, 3.05) is 0 Å². The van der Waals surface area contributed by atoms with Gasteiger partial charge in [0, 0.05) is 0 Å². The van der Waals surface area contributed by atoms with E-state index in [0.717, 1.165) is 0 Å². The smallest absolute Gasteiger partial charge is 0.241 e. The van der Waals surface area contributed by atoms with Gasteiger partial charge in [-0.25, -0.2) is 0 Å². The van der Waals surface area contributed by atoms with Crippen molar-refractivity contribution < 1.29 is 4.43 Å². The minimum atomic E-state index is -1.98. The lowest BCUT2D eigenvalue weighted by Crippen LogP contribution is -2.45. The molecule has 6 rings (SSSR count). The third-order valence-corrected chi connectivity index (χ3v) is 9.08. The summed E-state index contributed by atoms with van der Waals surface area (Å²) in [4.78, 5) is 0. The van der Waals surface area contributed by atoms with Crippen LogP contribution in [0.4, 0.5) is 0 Å². The van der Waals surface area contributed by atoms with Gasteiger partial charge in [-0.15, -0.1) is 0 Å². The van der Waals surface area contributed by atoms with Gasteiger partial charge in [0.25, 0.3) is 0 Å². The fraction of sp³-hybridized carbons (Fsp3) is 0.0323. The van der Waals surface area contributed by atoms with Crippen molar-refractivity contribution in [1.82, 2.24) is 0 Å². The highest BCUT2D eigenvalue weighted by atomic mass is 28.3. The van der Waals surface area contributed by atoms with E-state index < -0.39 is 9.04 Å². The highest BCUT2D eigenvalue weighted by Gasteiger charge is 2.22. The van der Waals surface area contributed by atoms with Crippen LogP contribution >= 0.6 is 0 Å². The molecule has 0 bridgehead atoms. The van der Waals surface area contributed by atoms with Crippen molar-refractivity contribution in [3.8, 4) is 0 Å². The Morgan fingerprint density at radius 1 is 0.455 bits per heavy atom. The van der Waals surface area contributed by atoms with Gasteiger partial charge in [-0.2, -0.15) is 0 Å². The first kappa shape index (κ1) is 19.9. The fourth-order valence-corrected chi connectivity index (χ4v) is 7.53. The first-order valence-electron chi connectivity index (χ1n) is 11.4. The van der Waals surface area contributed by atoms with Gasteiger partial charge in [0.05, 0.1) is 6.61 Å². The van der Waals surface area contributed by atoms with Crippen LogP contribution in [0.15, 0.2) is 127 Å². The van der Waals surface area contributed by atoms with E-state index in [2.05, 4.69) is 127 Å². The summed E-state index contributed by atoms with van der Waals surface area (Å²) < 4.78 is 6.90. The molecule has 0 aliphatic carbocycles. The second-order valence-electron chi connectivity index (χ2n) is 8.51. The van der Waals surface area contributed by atoms with Crippen LogP contribution in [0.3, 0.4) is 0 Å². The standard InChI is InChI=1S/C31H24OSi/c1-2-12-27-21-23(19-20-24(27)9-1)22-32-33(30-17-7-13-25-10-3-5-15-28(25)30)31-18-8-14-26-11-4-6-16-29(26)31/h1-21,33H,22H2. The zero-order valence-electron chi connectivity index (χ0n) is 18.3. The molecule has 0 aromatic heterocycles. The molecule has 33 heavy (non-hydrogen) atoms. The summed E-state index contributed by atoms with van der Waals surface area (Å²) in [6.07, 6.45) is 0. The van der Waals surface area contributed by atoms with Crippen LogP contribution in [-0.4, -0.2) is 9.04 Å². The van der Waals surface area contributed by atoms with E-state index in [9.17, 15) is 0 Å². The Morgan fingerprint density at radius 3 is 1.61 bits per heavy atom. The van der Waals surface area contributed by atoms with E-state index in [1.54, 1.807) is 0 Å². The highest BCUT2D eigenvalue weighted by Crippen LogP contribution is 2.19. The average molecular weight is 441 g/mol. The van der Waals surface area contributed by atoms with Crippen LogP contribution in [0.2, 0.25) is 0 Å². The average Bonchev–Trinajstić information content (AvgIpc) is 2.89. The number of fused-ring (bicyclic) bond motifs is 3. The number of rotatable bonds is 5. The third-order valence-electron chi connectivity index (χ3n) is 6.44. The van der Waals surface area contributed by atoms with E-state index >= 15 is 0 Å². The summed E-state index contributed by atoms with van der Waals surface area (Å²) in [5.74, 6) is 0. The lowest BCUT2D eigenvalue weighted by Gasteiger charge is -2.21. The molecule has 6 aromatic carbocycles. The molecule has 0 unspecified atom stereocenters. The van der Waals surface area contributed by atoms with Crippen LogP contribution < -0.4 is 10.4 Å². The first-order valence-corrected chi connectivity index (χ1v) is 13.0. The summed E-state index contributed by atoms with van der Waals surface area (Å²) in [5, 5.41) is 10.3. The molecule has 0 radical (unpaired) electrons. The van der Waals surface area contributed by atoms with Crippen LogP contribution in [0.1, 0.15) is 5.56 Å². The minimum Gasteiger partial charge on any atom is -0.407 e. The first-order chi connectivity index (χ1) is 16.4. The van der Waals surface area contributed by atoms with E-state index in [0.29, 0.717) is 6.61 Å². The molecule has 0 fully saturated rings. The molecule has 0 amide bonds. The van der Waals surface area contributed by atoms with Crippen LogP contribution in [0, 0.1) is 0 Å². The van der Waals surface area contributed by atoms with Gasteiger partial charge in [-0.1, -0.05) is 121 Å². The largest absolute Gasteiger partial charge is 0.407 e. The predicted octanol–water partition coefficient (Wildman–Crippen LogP) is 6.20. The zero-order valence-corrected chi connectivity index (χ0v) is 19.5. The van der Waals surface area contributed by atoms with E-state index in [1.807, 2.05) is 0 Å². The zero-order chi connectivity index (χ0) is 22.0. The lowest BCUT2D eigenvalue weighted by molar-refractivity contribution is 0.322. The maximum atomic E-state index is 6.90. The quantitative estimate of drug-likeness (QED) is 0.290. The summed E-state index contributed by atoms with van der Waals surface area (Å²) in [6.45, 7) is 0.605. The molecular formula is C31H24OSi. The van der Waals surface area contributed by atoms with E-state index in [4.69, 9.17) is 4.43 Å². The summed E-state index contributed by atoms with van der Waals surface area (Å²) in [7, 11) is -1.98. The topological polar surface area (TPSA) is 9.23 Å². The molecule has 0 spiro atoms. The Bertz CT molecular complexity index is 1500. The molecule has 1 nitrogen and oxygen atoms in total. The van der Waals surface area contributed by atoms with Gasteiger partial charge >= 0.3 is 0 Å². The molecule has 0 aliphatic rings. The number of hydrogen-bond acceptors (Lipinski definition) is 1. The Morgan fingerprint density at radius 2 is 0.970 bits per heavy atom. The van der Waals surface area contributed by atoms with Gasteiger partial charge in [0.15, 0.2) is 0 Å². The molecular weight excluding hydrogens is 416 g/mol.